The van der Waals surface area contributed by atoms with Crippen LogP contribution in [-0.4, -0.2) is 5.11 Å². The molecule has 0 bridgehead atoms. The van der Waals surface area contributed by atoms with E-state index in [0.717, 1.165) is 6.07 Å². The molecule has 0 amide bonds. The Labute approximate surface area is 806 Å². The summed E-state index contributed by atoms with van der Waals surface area (Å²) in [5.74, 6) is -2.74. The number of nitrogens with two attached hydrogens (primary N) is 3. The molecule has 6 aromatic rings. The first-order valence-corrected chi connectivity index (χ1v) is 101. The van der Waals surface area contributed by atoms with Gasteiger partial charge in [0.15, 0.2) is 34.7 Å². The van der Waals surface area contributed by atoms with Gasteiger partial charge in [0.2, 0.25) is 0 Å². The van der Waals surface area contributed by atoms with E-state index in [2.05, 4.69) is 15.9 Å². The van der Waals surface area contributed by atoms with Gasteiger partial charge in [0.05, 0.1) is 11.4 Å². The second-order valence-electron chi connectivity index (χ2n) is 13.6. The van der Waals surface area contributed by atoms with E-state index in [9.17, 15) is 26.3 Å². The van der Waals surface area contributed by atoms with Crippen LogP contribution in [0.5, 0.6) is 28.7 Å². The Morgan fingerprint density at radius 1 is 0.284 bits per heavy atom. The molecule has 0 aliphatic heterocycles. The highest BCUT2D eigenvalue weighted by molar-refractivity contribution is 9.10. The maximum absolute atomic E-state index is 13.4. The Balaban J connectivity index is 0.000000908. The van der Waals surface area contributed by atoms with Gasteiger partial charge in [-0.25, -0.2) is 26.3 Å². The van der Waals surface area contributed by atoms with Crippen LogP contribution in [0, 0.1) is 34.9 Å². The second-order valence-corrected chi connectivity index (χ2v) is 114. The molecule has 0 aliphatic rings. The number of nitrogen functional groups attached to an aromatic ring is 2. The van der Waals surface area contributed by atoms with E-state index in [0.29, 0.717) is 10.0 Å². The van der Waals surface area contributed by atoms with Crippen LogP contribution >= 0.6 is 28.3 Å². The van der Waals surface area contributed by atoms with Crippen molar-refractivity contribution in [3.63, 3.8) is 0 Å². The zero-order valence-electron chi connectivity index (χ0n) is 50.1. The summed E-state index contributed by atoms with van der Waals surface area (Å²) in [5.41, 5.74) is 16.4. The highest BCUT2D eigenvalue weighted by Gasteiger charge is 2.08. The highest BCUT2D eigenvalue weighted by atomic mass is 79.9. The SMILES string of the molecule is Cl.NCc1ccc(Oc2ccccc2F)cc1F.Nc1ccc(Br)cc1F.Nc1ccc(Oc2ccccc2F)cc1F.Oc1ccccc1F.S=S=S=S=S=S=S=S=S=S=S=S=S=S=S=S=S=S=S=S=S=S=S=S=S=S=S=S=S=S=S=S=S=S=S=S=S=S=S=S=S=S=S=S=S=S=S=S=S=S=S=S=S=S=S=S=S=S. The first kappa shape index (κ1) is 114. The minimum absolute atomic E-state index is 0. The molecule has 0 aromatic heterocycles. The smallest absolute Gasteiger partial charge is 0.165 e. The molecule has 0 fully saturated rings. The molecule has 0 atom stereocenters. The minimum atomic E-state index is -0.589. The van der Waals surface area contributed by atoms with Crippen LogP contribution in [0.3, 0.4) is 0 Å². The number of phenolic OH excluding ortho intramolecular Hbond substituents is 1. The normalized spacial score (nSPS) is 8.70. The third-order valence-electron chi connectivity index (χ3n) is 7.69. The fourth-order valence-electron chi connectivity index (χ4n) is 4.20. The average molecular weight is 2650 g/mol. The molecule has 0 saturated heterocycles. The lowest BCUT2D eigenvalue weighted by atomic mass is 10.2. The van der Waals surface area contributed by atoms with Crippen molar-refractivity contribution in [3.05, 3.63) is 172 Å². The summed E-state index contributed by atoms with van der Waals surface area (Å²) in [6, 6.07) is 30.2. The summed E-state index contributed by atoms with van der Waals surface area (Å²) in [7, 11) is 100. The van der Waals surface area contributed by atoms with Gasteiger partial charge in [0.25, 0.3) is 0 Å². The largest absolute Gasteiger partial charge is 0.505 e. The van der Waals surface area contributed by atoms with Gasteiger partial charge in [0, 0.05) is 548 Å². The molecule has 109 heavy (non-hydrogen) atoms. The number of halogens is 8. The van der Waals surface area contributed by atoms with Gasteiger partial charge in [-0.15, -0.1) is 12.4 Å². The van der Waals surface area contributed by atoms with Crippen LogP contribution in [0.25, 0.3) is 0 Å². The van der Waals surface area contributed by atoms with Crippen LogP contribution in [0.1, 0.15) is 5.56 Å². The van der Waals surface area contributed by atoms with Gasteiger partial charge in [-0.1, -0.05) is 58.4 Å². The molecule has 6 nitrogen and oxygen atoms in total. The van der Waals surface area contributed by atoms with E-state index < -0.39 is 29.1 Å². The molecule has 6 aromatic carbocycles. The number of phenols is 1. The number of hydrogen-bond acceptors (Lipinski definition) is 8. The molecule has 7 N–H and O–H groups in total. The number of ether oxygens (including phenoxy) is 2. The first-order valence-electron chi connectivity index (χ1n) is 23.9. The van der Waals surface area contributed by atoms with E-state index in [-0.39, 0.29) is 64.9 Å². The van der Waals surface area contributed by atoms with Crippen molar-refractivity contribution in [2.75, 3.05) is 11.5 Å². The molecule has 0 unspecified atom stereocenters. The van der Waals surface area contributed by atoms with Crippen molar-refractivity contribution < 1.29 is 40.9 Å². The van der Waals surface area contributed by atoms with Crippen LogP contribution in [0.15, 0.2) is 132 Å². The molecule has 72 heteroatoms. The summed E-state index contributed by atoms with van der Waals surface area (Å²) in [6.45, 7) is 0.117. The zero-order chi connectivity index (χ0) is 78.2. The maximum atomic E-state index is 13.4. The minimum Gasteiger partial charge on any atom is -0.505 e. The summed E-state index contributed by atoms with van der Waals surface area (Å²) in [4.78, 5) is 0. The number of anilines is 2. The summed E-state index contributed by atoms with van der Waals surface area (Å²) >= 11 is 12.7. The van der Waals surface area contributed by atoms with Gasteiger partial charge in [-0.2, -0.15) is 0 Å². The number of aromatic hydroxyl groups is 1. The fraction of sp³-hybridized carbons (Fsp3) is 0.0270. The maximum Gasteiger partial charge on any atom is 0.165 e. The highest BCUT2D eigenvalue weighted by Crippen LogP contribution is 2.27. The van der Waals surface area contributed by atoms with Gasteiger partial charge in [0.1, 0.15) is 29.0 Å². The number of benzene rings is 6. The zero-order valence-corrected chi connectivity index (χ0v) is 99.8. The number of hydrogen-bond donors (Lipinski definition) is 4. The monoisotopic (exact) mass is 2650 g/mol. The average Bonchev–Trinajstić information content (AvgIpc) is 0.860. The number of rotatable bonds is 5. The van der Waals surface area contributed by atoms with Crippen LogP contribution < -0.4 is 26.7 Å². The van der Waals surface area contributed by atoms with Gasteiger partial charge in [-0.3, -0.25) is 0 Å². The van der Waals surface area contributed by atoms with Crippen LogP contribution in [-0.2, 0) is 526 Å². The van der Waals surface area contributed by atoms with Crippen molar-refractivity contribution in [1.82, 2.24) is 0 Å². The van der Waals surface area contributed by atoms with Crippen LogP contribution in [0.4, 0.5) is 37.7 Å². The molecule has 0 spiro atoms. The van der Waals surface area contributed by atoms with E-state index >= 15 is 0 Å². The van der Waals surface area contributed by atoms with E-state index in [1.165, 1.54) is 96.6 Å². The van der Waals surface area contributed by atoms with E-state index in [1.807, 2.05) is 373 Å². The Bertz CT molecular complexity index is 6720. The summed E-state index contributed by atoms with van der Waals surface area (Å²) in [6.07, 6.45) is 0. The van der Waals surface area contributed by atoms with Crippen molar-refractivity contribution in [3.8, 4) is 28.7 Å². The van der Waals surface area contributed by atoms with E-state index in [1.54, 1.807) is 149 Å². The van der Waals surface area contributed by atoms with Crippen molar-refractivity contribution in [2.24, 2.45) is 5.73 Å². The predicted octanol–water partition coefficient (Wildman–Crippen LogP) is 10.5. The Kier molecular flexibility index (Phi) is 90.4. The molecular weight excluding hydrogens is 2620 g/mol. The lowest BCUT2D eigenvalue weighted by molar-refractivity contribution is 0.432. The molecule has 0 saturated carbocycles. The van der Waals surface area contributed by atoms with Crippen LogP contribution in [0.2, 0.25) is 0 Å². The topological polar surface area (TPSA) is 117 Å². The standard InChI is InChI=1S/C13H11F2NO.C12H9F2NO.C6H5BrFN.C6H5FO.ClH.S58/c14-11-3-1-2-4-13(11)17-10-6-5-9(8-16)12(15)7-10;13-9-3-1-2-4-12(9)16-8-5-6-11(15)10(14)7-8;7-4-1-2-6(9)5(8)3-4;7-5-3-1-2-4-6(5)8;;1-3-5-7-9-11-13-15-17-19-21-23-25-27-29-31-33-35-37-39-41-43-45-47-49-51-53-55-57-58-56-54-52-50-48-46-44-42-40-38-36-34-32-30-28-26-24-22-20-18-16-14-12-10-8-6-4-2/h1-7H,8,16H2;1-7H,15H2;1-3H,9H2;1-4,8H;1H;. The van der Waals surface area contributed by atoms with Crippen molar-refractivity contribution in [2.45, 2.75) is 6.54 Å². The Morgan fingerprint density at radius 2 is 0.514 bits per heavy atom. The molecule has 0 aliphatic carbocycles. The lowest BCUT2D eigenvalue weighted by Gasteiger charge is -2.07. The molecule has 6 rings (SSSR count). The Morgan fingerprint density at radius 3 is 0.725 bits per heavy atom. The Hall–Kier alpha value is 7.39. The van der Waals surface area contributed by atoms with Gasteiger partial charge >= 0.3 is 0 Å². The van der Waals surface area contributed by atoms with E-state index in [4.69, 9.17) is 54.2 Å². The molecule has 0 radical (unpaired) electrons. The van der Waals surface area contributed by atoms with Crippen molar-refractivity contribution >= 4 is 559 Å². The molecule has 0 heterocycles. The van der Waals surface area contributed by atoms with Gasteiger partial charge in [-0.05, 0) is 72.8 Å². The number of para-hydroxylation sites is 3. The first-order chi connectivity index (χ1) is 52.8. The quantitative estimate of drug-likeness (QED) is 0.0997. The lowest BCUT2D eigenvalue weighted by Crippen LogP contribution is -1.99. The summed E-state index contributed by atoms with van der Waals surface area (Å²) in [5, 5.41) is 8.54. The molecular formula is C37H31BrClF6N3O3S58. The third kappa shape index (κ3) is 71.2. The summed E-state index contributed by atoms with van der Waals surface area (Å²) < 4.78 is 88.6. The fourth-order valence-corrected chi connectivity index (χ4v) is 153. The van der Waals surface area contributed by atoms with Gasteiger partial charge < -0.3 is 31.8 Å². The second kappa shape index (κ2) is 86.1. The molecule has 616 valence electrons. The van der Waals surface area contributed by atoms with Crippen molar-refractivity contribution in [1.29, 1.82) is 0 Å². The predicted molar refractivity (Wildman–Crippen MR) is 619 cm³/mol. The third-order valence-corrected chi connectivity index (χ3v) is 130.